The Morgan fingerprint density at radius 2 is 1.91 bits per heavy atom. The monoisotopic (exact) mass is 315 g/mol. The van der Waals surface area contributed by atoms with Crippen molar-refractivity contribution in [2.45, 2.75) is 37.1 Å². The van der Waals surface area contributed by atoms with Crippen LogP contribution in [-0.2, 0) is 11.2 Å². The summed E-state index contributed by atoms with van der Waals surface area (Å²) in [5.74, 6) is 0.324. The van der Waals surface area contributed by atoms with Gasteiger partial charge in [-0.25, -0.2) is 0 Å². The summed E-state index contributed by atoms with van der Waals surface area (Å²) in [5.41, 5.74) is -1.77. The van der Waals surface area contributed by atoms with Gasteiger partial charge in [-0.2, -0.15) is 13.2 Å². The van der Waals surface area contributed by atoms with E-state index in [1.807, 2.05) is 12.1 Å². The van der Waals surface area contributed by atoms with Crippen LogP contribution in [0, 0.1) is 0 Å². The number of fused-ring (bicyclic) bond motifs is 1. The number of piperidine rings is 1. The van der Waals surface area contributed by atoms with E-state index < -0.39 is 30.7 Å². The lowest BCUT2D eigenvalue weighted by Crippen LogP contribution is -2.56. The third-order valence-corrected chi connectivity index (χ3v) is 4.35. The zero-order valence-corrected chi connectivity index (χ0v) is 11.8. The van der Waals surface area contributed by atoms with Crippen LogP contribution in [0.1, 0.15) is 18.4 Å². The number of hydrogen-bond acceptors (Lipinski definition) is 3. The van der Waals surface area contributed by atoms with Gasteiger partial charge in [-0.1, -0.05) is 18.2 Å². The Kier molecular flexibility index (Phi) is 3.55. The molecule has 1 unspecified atom stereocenters. The summed E-state index contributed by atoms with van der Waals surface area (Å²) in [6, 6.07) is 7.28. The average molecular weight is 315 g/mol. The molecule has 4 nitrogen and oxygen atoms in total. The molecule has 0 spiro atoms. The highest BCUT2D eigenvalue weighted by Gasteiger charge is 2.55. The van der Waals surface area contributed by atoms with Crippen molar-refractivity contribution < 1.29 is 27.8 Å². The van der Waals surface area contributed by atoms with E-state index in [0.717, 1.165) is 5.56 Å². The number of amides is 1. The maximum Gasteiger partial charge on any atom is 0.417 e. The largest absolute Gasteiger partial charge is 0.480 e. The minimum Gasteiger partial charge on any atom is -0.480 e. The number of halogens is 3. The molecule has 2 heterocycles. The van der Waals surface area contributed by atoms with Crippen molar-refractivity contribution in [2.75, 3.05) is 13.1 Å². The predicted molar refractivity (Wildman–Crippen MR) is 71.4 cm³/mol. The van der Waals surface area contributed by atoms with Crippen molar-refractivity contribution in [1.29, 1.82) is 0 Å². The van der Waals surface area contributed by atoms with Crippen LogP contribution in [0.3, 0.4) is 0 Å². The van der Waals surface area contributed by atoms with Gasteiger partial charge in [-0.15, -0.1) is 0 Å². The van der Waals surface area contributed by atoms with Crippen LogP contribution in [0.2, 0.25) is 0 Å². The zero-order chi connectivity index (χ0) is 16.0. The molecule has 1 aromatic carbocycles. The Bertz CT molecular complexity index is 555. The van der Waals surface area contributed by atoms with E-state index in [1.165, 1.54) is 4.90 Å². The lowest BCUT2D eigenvalue weighted by molar-refractivity contribution is -0.272. The molecule has 1 fully saturated rings. The van der Waals surface area contributed by atoms with Gasteiger partial charge in [0, 0.05) is 32.4 Å². The number of carbonyl (C=O) groups is 1. The Morgan fingerprint density at radius 1 is 1.27 bits per heavy atom. The van der Waals surface area contributed by atoms with E-state index in [9.17, 15) is 23.1 Å². The van der Waals surface area contributed by atoms with Gasteiger partial charge in [0.15, 0.2) is 11.7 Å². The van der Waals surface area contributed by atoms with Gasteiger partial charge < -0.3 is 14.7 Å². The number of rotatable bonds is 1. The topological polar surface area (TPSA) is 49.8 Å². The summed E-state index contributed by atoms with van der Waals surface area (Å²) < 4.78 is 43.8. The van der Waals surface area contributed by atoms with Gasteiger partial charge in [0.25, 0.3) is 5.91 Å². The second-order valence-electron chi connectivity index (χ2n) is 5.77. The van der Waals surface area contributed by atoms with E-state index in [-0.39, 0.29) is 19.0 Å². The minimum absolute atomic E-state index is 0.120. The summed E-state index contributed by atoms with van der Waals surface area (Å²) in [4.78, 5) is 13.7. The molecule has 22 heavy (non-hydrogen) atoms. The van der Waals surface area contributed by atoms with Crippen molar-refractivity contribution in [3.05, 3.63) is 29.8 Å². The number of nitrogens with zero attached hydrogens (tertiary/aromatic N) is 1. The SMILES string of the molecule is O=C(C1Cc2ccccc2O1)N1CCC(O)(C(F)(F)F)CC1. The van der Waals surface area contributed by atoms with Gasteiger partial charge in [-0.05, 0) is 11.6 Å². The number of carbonyl (C=O) groups excluding carboxylic acids is 1. The first kappa shape index (κ1) is 15.1. The molecule has 0 saturated carbocycles. The number of aliphatic hydroxyl groups is 1. The van der Waals surface area contributed by atoms with Gasteiger partial charge in [-0.3, -0.25) is 4.79 Å². The summed E-state index contributed by atoms with van der Waals surface area (Å²) in [6.45, 7) is -0.240. The molecule has 1 atom stereocenters. The second-order valence-corrected chi connectivity index (χ2v) is 5.77. The van der Waals surface area contributed by atoms with Crippen LogP contribution in [-0.4, -0.2) is 46.9 Å². The number of para-hydroxylation sites is 1. The van der Waals surface area contributed by atoms with Crippen LogP contribution in [0.25, 0.3) is 0 Å². The van der Waals surface area contributed by atoms with Crippen LogP contribution >= 0.6 is 0 Å². The quantitative estimate of drug-likeness (QED) is 0.861. The Labute approximate surface area is 125 Å². The summed E-state index contributed by atoms with van der Waals surface area (Å²) in [5, 5.41) is 9.62. The van der Waals surface area contributed by atoms with Gasteiger partial charge in [0.1, 0.15) is 5.75 Å². The molecular weight excluding hydrogens is 299 g/mol. The highest BCUT2D eigenvalue weighted by atomic mass is 19.4. The summed E-state index contributed by atoms with van der Waals surface area (Å²) in [7, 11) is 0. The molecule has 120 valence electrons. The van der Waals surface area contributed by atoms with Crippen LogP contribution < -0.4 is 4.74 Å². The van der Waals surface area contributed by atoms with Gasteiger partial charge in [0.2, 0.25) is 0 Å². The molecule has 0 bridgehead atoms. The van der Waals surface area contributed by atoms with Crippen molar-refractivity contribution in [2.24, 2.45) is 0 Å². The Hall–Kier alpha value is -1.76. The van der Waals surface area contributed by atoms with E-state index in [0.29, 0.717) is 12.2 Å². The fraction of sp³-hybridized carbons (Fsp3) is 0.533. The smallest absolute Gasteiger partial charge is 0.417 e. The standard InChI is InChI=1S/C15H16F3NO3/c16-15(17,18)14(21)5-7-19(8-6-14)13(20)12-9-10-3-1-2-4-11(10)22-12/h1-4,12,21H,5-9H2. The van der Waals surface area contributed by atoms with Crippen LogP contribution in [0.15, 0.2) is 24.3 Å². The first-order valence-corrected chi connectivity index (χ1v) is 7.13. The van der Waals surface area contributed by atoms with Crippen molar-refractivity contribution in [3.8, 4) is 5.75 Å². The van der Waals surface area contributed by atoms with E-state index in [1.54, 1.807) is 12.1 Å². The third kappa shape index (κ3) is 2.54. The van der Waals surface area contributed by atoms with Crippen molar-refractivity contribution >= 4 is 5.91 Å². The molecule has 2 aliphatic heterocycles. The lowest BCUT2D eigenvalue weighted by Gasteiger charge is -2.39. The molecule has 0 radical (unpaired) electrons. The van der Waals surface area contributed by atoms with E-state index in [2.05, 4.69) is 0 Å². The molecule has 2 aliphatic rings. The molecule has 1 saturated heterocycles. The Balaban J connectivity index is 1.62. The first-order chi connectivity index (χ1) is 10.3. The molecular formula is C15H16F3NO3. The maximum atomic E-state index is 12.8. The van der Waals surface area contributed by atoms with Crippen LogP contribution in [0.5, 0.6) is 5.75 Å². The molecule has 0 aliphatic carbocycles. The third-order valence-electron chi connectivity index (χ3n) is 4.35. The predicted octanol–water partition coefficient (Wildman–Crippen LogP) is 1.91. The number of likely N-dealkylation sites (tertiary alicyclic amines) is 1. The van der Waals surface area contributed by atoms with Crippen molar-refractivity contribution in [3.63, 3.8) is 0 Å². The summed E-state index contributed by atoms with van der Waals surface area (Å²) >= 11 is 0. The van der Waals surface area contributed by atoms with E-state index in [4.69, 9.17) is 4.74 Å². The second kappa shape index (κ2) is 5.15. The Morgan fingerprint density at radius 3 is 2.50 bits per heavy atom. The van der Waals surface area contributed by atoms with Gasteiger partial charge in [0.05, 0.1) is 0 Å². The van der Waals surface area contributed by atoms with Crippen molar-refractivity contribution in [1.82, 2.24) is 4.90 Å². The fourth-order valence-corrected chi connectivity index (χ4v) is 2.90. The number of benzene rings is 1. The molecule has 7 heteroatoms. The molecule has 1 aromatic rings. The normalized spacial score (nSPS) is 23.8. The fourth-order valence-electron chi connectivity index (χ4n) is 2.90. The first-order valence-electron chi connectivity index (χ1n) is 7.13. The minimum atomic E-state index is -4.66. The highest BCUT2D eigenvalue weighted by Crippen LogP contribution is 2.38. The number of alkyl halides is 3. The molecule has 0 aromatic heterocycles. The highest BCUT2D eigenvalue weighted by molar-refractivity contribution is 5.82. The number of ether oxygens (including phenoxy) is 1. The number of hydrogen-bond donors (Lipinski definition) is 1. The molecule has 3 rings (SSSR count). The lowest BCUT2D eigenvalue weighted by atomic mass is 9.90. The maximum absolute atomic E-state index is 12.8. The summed E-state index contributed by atoms with van der Waals surface area (Å²) in [6.07, 6.45) is -5.92. The average Bonchev–Trinajstić information content (AvgIpc) is 2.90. The van der Waals surface area contributed by atoms with E-state index >= 15 is 0 Å². The van der Waals surface area contributed by atoms with Gasteiger partial charge >= 0.3 is 6.18 Å². The molecule has 1 amide bonds. The zero-order valence-electron chi connectivity index (χ0n) is 11.8. The molecule has 1 N–H and O–H groups in total. The van der Waals surface area contributed by atoms with Crippen LogP contribution in [0.4, 0.5) is 13.2 Å².